The minimum atomic E-state index is 0.858. The van der Waals surface area contributed by atoms with E-state index in [-0.39, 0.29) is 0 Å². The second kappa shape index (κ2) is 4.22. The van der Waals surface area contributed by atoms with Gasteiger partial charge in [0.15, 0.2) is 5.82 Å². The van der Waals surface area contributed by atoms with Crippen LogP contribution in [0.15, 0.2) is 67.1 Å². The number of para-hydroxylation sites is 1. The molecule has 0 aliphatic heterocycles. The van der Waals surface area contributed by atoms with Gasteiger partial charge < -0.3 is 0 Å². The van der Waals surface area contributed by atoms with E-state index < -0.39 is 0 Å². The molecule has 3 nitrogen and oxygen atoms in total. The molecule has 0 spiro atoms. The Hall–Kier alpha value is -2.42. The van der Waals surface area contributed by atoms with Crippen LogP contribution in [0.25, 0.3) is 17.2 Å². The predicted octanol–water partition coefficient (Wildman–Crippen LogP) is 2.93. The summed E-state index contributed by atoms with van der Waals surface area (Å²) in [5.41, 5.74) is 1.96. The van der Waals surface area contributed by atoms with Gasteiger partial charge in [-0.2, -0.15) is 0 Å². The average molecular weight is 221 g/mol. The van der Waals surface area contributed by atoms with Gasteiger partial charge in [-0.15, -0.1) is 0 Å². The lowest BCUT2D eigenvalue weighted by molar-refractivity contribution is 1.05. The SMILES string of the molecule is c1ccc(-n2ccnc2-c2ccccn2)cc1. The molecule has 0 amide bonds. The standard InChI is InChI=1S/C14H11N3/c1-2-6-12(7-3-1)17-11-10-16-14(17)13-8-4-5-9-15-13/h1-11H. The number of hydrogen-bond donors (Lipinski definition) is 0. The van der Waals surface area contributed by atoms with Crippen molar-refractivity contribution in [3.05, 3.63) is 67.1 Å². The maximum Gasteiger partial charge on any atom is 0.163 e. The molecule has 3 heteroatoms. The number of imidazole rings is 1. The minimum Gasteiger partial charge on any atom is -0.299 e. The molecular formula is C14H11N3. The number of pyridine rings is 1. The van der Waals surface area contributed by atoms with Crippen molar-refractivity contribution in [2.75, 3.05) is 0 Å². The Balaban J connectivity index is 2.13. The van der Waals surface area contributed by atoms with Crippen LogP contribution in [0.4, 0.5) is 0 Å². The third kappa shape index (κ3) is 1.83. The molecule has 0 aliphatic carbocycles. The molecule has 0 aliphatic rings. The second-order valence-electron chi connectivity index (χ2n) is 3.67. The zero-order chi connectivity index (χ0) is 11.5. The highest BCUT2D eigenvalue weighted by Crippen LogP contribution is 2.18. The van der Waals surface area contributed by atoms with Crippen molar-refractivity contribution in [3.63, 3.8) is 0 Å². The molecule has 3 rings (SSSR count). The molecule has 17 heavy (non-hydrogen) atoms. The first-order valence-electron chi connectivity index (χ1n) is 5.45. The summed E-state index contributed by atoms with van der Waals surface area (Å²) in [7, 11) is 0. The topological polar surface area (TPSA) is 30.7 Å². The van der Waals surface area contributed by atoms with Crippen LogP contribution >= 0.6 is 0 Å². The third-order valence-corrected chi connectivity index (χ3v) is 2.57. The first-order valence-corrected chi connectivity index (χ1v) is 5.45. The third-order valence-electron chi connectivity index (χ3n) is 2.57. The van der Waals surface area contributed by atoms with Crippen LogP contribution in [0, 0.1) is 0 Å². The van der Waals surface area contributed by atoms with Crippen molar-refractivity contribution < 1.29 is 0 Å². The lowest BCUT2D eigenvalue weighted by Gasteiger charge is -2.06. The molecule has 0 atom stereocenters. The average Bonchev–Trinajstić information content (AvgIpc) is 2.90. The normalized spacial score (nSPS) is 10.4. The molecular weight excluding hydrogens is 210 g/mol. The Morgan fingerprint density at radius 3 is 2.35 bits per heavy atom. The van der Waals surface area contributed by atoms with Crippen LogP contribution in [0.5, 0.6) is 0 Å². The highest BCUT2D eigenvalue weighted by Gasteiger charge is 2.07. The van der Waals surface area contributed by atoms with Crippen LogP contribution in [-0.4, -0.2) is 14.5 Å². The monoisotopic (exact) mass is 221 g/mol. The summed E-state index contributed by atoms with van der Waals surface area (Å²) in [6.45, 7) is 0. The number of rotatable bonds is 2. The van der Waals surface area contributed by atoms with Crippen molar-refractivity contribution in [3.8, 4) is 17.2 Å². The van der Waals surface area contributed by atoms with E-state index in [0.29, 0.717) is 0 Å². The van der Waals surface area contributed by atoms with E-state index in [9.17, 15) is 0 Å². The van der Waals surface area contributed by atoms with E-state index in [0.717, 1.165) is 17.2 Å². The van der Waals surface area contributed by atoms with Gasteiger partial charge in [-0.25, -0.2) is 4.98 Å². The molecule has 2 heterocycles. The Morgan fingerprint density at radius 2 is 1.59 bits per heavy atom. The van der Waals surface area contributed by atoms with Crippen molar-refractivity contribution in [1.82, 2.24) is 14.5 Å². The first kappa shape index (κ1) is 9.78. The Bertz CT molecular complexity index is 546. The summed E-state index contributed by atoms with van der Waals surface area (Å²) in [5, 5.41) is 0. The van der Waals surface area contributed by atoms with Crippen LogP contribution in [0.3, 0.4) is 0 Å². The maximum absolute atomic E-state index is 4.36. The zero-order valence-corrected chi connectivity index (χ0v) is 9.19. The van der Waals surface area contributed by atoms with Gasteiger partial charge in [-0.3, -0.25) is 9.55 Å². The fourth-order valence-electron chi connectivity index (χ4n) is 1.78. The number of nitrogens with zero attached hydrogens (tertiary/aromatic N) is 3. The van der Waals surface area contributed by atoms with Gasteiger partial charge in [0.05, 0.1) is 0 Å². The molecule has 0 fully saturated rings. The van der Waals surface area contributed by atoms with Crippen molar-refractivity contribution in [1.29, 1.82) is 0 Å². The summed E-state index contributed by atoms with van der Waals surface area (Å²) in [6, 6.07) is 15.9. The van der Waals surface area contributed by atoms with E-state index in [1.807, 2.05) is 59.3 Å². The van der Waals surface area contributed by atoms with Gasteiger partial charge in [0, 0.05) is 24.3 Å². The highest BCUT2D eigenvalue weighted by molar-refractivity contribution is 5.53. The minimum absolute atomic E-state index is 0.858. The fraction of sp³-hybridized carbons (Fsp3) is 0. The molecule has 0 N–H and O–H groups in total. The highest BCUT2D eigenvalue weighted by atomic mass is 15.1. The largest absolute Gasteiger partial charge is 0.299 e. The Kier molecular flexibility index (Phi) is 2.43. The van der Waals surface area contributed by atoms with Crippen LogP contribution < -0.4 is 0 Å². The number of benzene rings is 1. The van der Waals surface area contributed by atoms with Crippen LogP contribution in [0.1, 0.15) is 0 Å². The van der Waals surface area contributed by atoms with Gasteiger partial charge in [0.2, 0.25) is 0 Å². The summed E-state index contributed by atoms with van der Waals surface area (Å²) >= 11 is 0. The van der Waals surface area contributed by atoms with Crippen molar-refractivity contribution in [2.45, 2.75) is 0 Å². The molecule has 0 saturated carbocycles. The molecule has 3 aromatic rings. The van der Waals surface area contributed by atoms with Crippen LogP contribution in [-0.2, 0) is 0 Å². The molecule has 0 radical (unpaired) electrons. The summed E-state index contributed by atoms with van der Waals surface area (Å²) in [6.07, 6.45) is 5.51. The summed E-state index contributed by atoms with van der Waals surface area (Å²) in [4.78, 5) is 8.69. The first-order chi connectivity index (χ1) is 8.45. The molecule has 0 bridgehead atoms. The van der Waals surface area contributed by atoms with Gasteiger partial charge >= 0.3 is 0 Å². The van der Waals surface area contributed by atoms with Crippen molar-refractivity contribution >= 4 is 0 Å². The van der Waals surface area contributed by atoms with Crippen LogP contribution in [0.2, 0.25) is 0 Å². The van der Waals surface area contributed by atoms with Gasteiger partial charge in [0.25, 0.3) is 0 Å². The van der Waals surface area contributed by atoms with Gasteiger partial charge in [-0.05, 0) is 24.3 Å². The van der Waals surface area contributed by atoms with E-state index in [1.165, 1.54) is 0 Å². The molecule has 1 aromatic carbocycles. The quantitative estimate of drug-likeness (QED) is 0.666. The molecule has 0 saturated heterocycles. The second-order valence-corrected chi connectivity index (χ2v) is 3.67. The van der Waals surface area contributed by atoms with E-state index in [1.54, 1.807) is 12.4 Å². The lowest BCUT2D eigenvalue weighted by Crippen LogP contribution is -1.96. The molecule has 2 aromatic heterocycles. The zero-order valence-electron chi connectivity index (χ0n) is 9.19. The number of aromatic nitrogens is 3. The van der Waals surface area contributed by atoms with Crippen molar-refractivity contribution in [2.24, 2.45) is 0 Å². The predicted molar refractivity (Wildman–Crippen MR) is 66.8 cm³/mol. The Morgan fingerprint density at radius 1 is 0.765 bits per heavy atom. The summed E-state index contributed by atoms with van der Waals surface area (Å²) < 4.78 is 2.03. The summed E-state index contributed by atoms with van der Waals surface area (Å²) in [5.74, 6) is 0.858. The Labute approximate surface area is 99.4 Å². The van der Waals surface area contributed by atoms with Gasteiger partial charge in [-0.1, -0.05) is 24.3 Å². The van der Waals surface area contributed by atoms with Gasteiger partial charge in [0.1, 0.15) is 5.69 Å². The van der Waals surface area contributed by atoms with E-state index >= 15 is 0 Å². The van der Waals surface area contributed by atoms with E-state index in [2.05, 4.69) is 9.97 Å². The van der Waals surface area contributed by atoms with E-state index in [4.69, 9.17) is 0 Å². The fourth-order valence-corrected chi connectivity index (χ4v) is 1.78. The lowest BCUT2D eigenvalue weighted by atomic mass is 10.3. The molecule has 0 unspecified atom stereocenters. The maximum atomic E-state index is 4.36. The smallest absolute Gasteiger partial charge is 0.163 e. The number of hydrogen-bond acceptors (Lipinski definition) is 2. The molecule has 82 valence electrons.